The predicted molar refractivity (Wildman–Crippen MR) is 104 cm³/mol. The molecule has 0 atom stereocenters. The molecule has 0 aliphatic heterocycles. The summed E-state index contributed by atoms with van der Waals surface area (Å²) >= 11 is 7.26. The standard InChI is InChI=1S/C18H18ClN3O2S/c1-2-11-20-18(24)22-15-7-5-14(6-8-15)21-17(23)12-25-16-9-3-13(19)4-10-16/h2-10H,1,11-12H2,(H,21,23)(H2,20,22,24). The first-order valence-electron chi connectivity index (χ1n) is 7.51. The number of amides is 3. The summed E-state index contributed by atoms with van der Waals surface area (Å²) in [4.78, 5) is 24.5. The van der Waals surface area contributed by atoms with E-state index in [2.05, 4.69) is 22.5 Å². The zero-order valence-corrected chi connectivity index (χ0v) is 15.0. The number of benzene rings is 2. The maximum absolute atomic E-state index is 12.0. The Hall–Kier alpha value is -2.44. The molecule has 0 unspecified atom stereocenters. The number of anilines is 2. The van der Waals surface area contributed by atoms with Gasteiger partial charge in [0.1, 0.15) is 0 Å². The van der Waals surface area contributed by atoms with E-state index in [0.717, 1.165) is 4.90 Å². The van der Waals surface area contributed by atoms with Gasteiger partial charge in [0.15, 0.2) is 0 Å². The predicted octanol–water partition coefficient (Wildman–Crippen LogP) is 4.38. The van der Waals surface area contributed by atoms with Crippen molar-refractivity contribution in [3.05, 3.63) is 66.2 Å². The minimum Gasteiger partial charge on any atom is -0.334 e. The van der Waals surface area contributed by atoms with E-state index in [1.807, 2.05) is 12.1 Å². The molecule has 0 aliphatic rings. The molecule has 3 N–H and O–H groups in total. The molecule has 2 rings (SSSR count). The summed E-state index contributed by atoms with van der Waals surface area (Å²) in [6.45, 7) is 3.92. The minimum absolute atomic E-state index is 0.107. The van der Waals surface area contributed by atoms with Gasteiger partial charge in [-0.05, 0) is 48.5 Å². The minimum atomic E-state index is -0.309. The lowest BCUT2D eigenvalue weighted by Gasteiger charge is -2.08. The highest BCUT2D eigenvalue weighted by Gasteiger charge is 2.05. The van der Waals surface area contributed by atoms with Crippen LogP contribution in [0.3, 0.4) is 0 Å². The Morgan fingerprint density at radius 3 is 2.20 bits per heavy atom. The van der Waals surface area contributed by atoms with Crippen LogP contribution in [0, 0.1) is 0 Å². The maximum Gasteiger partial charge on any atom is 0.319 e. The molecule has 0 saturated carbocycles. The number of urea groups is 1. The average molecular weight is 376 g/mol. The van der Waals surface area contributed by atoms with Gasteiger partial charge in [0.2, 0.25) is 5.91 Å². The molecule has 0 heterocycles. The van der Waals surface area contributed by atoms with E-state index in [0.29, 0.717) is 28.7 Å². The van der Waals surface area contributed by atoms with E-state index in [1.165, 1.54) is 11.8 Å². The second-order valence-electron chi connectivity index (χ2n) is 4.99. The molecule has 0 radical (unpaired) electrons. The van der Waals surface area contributed by atoms with Crippen LogP contribution < -0.4 is 16.0 Å². The molecule has 2 aromatic rings. The monoisotopic (exact) mass is 375 g/mol. The lowest BCUT2D eigenvalue weighted by atomic mass is 10.3. The van der Waals surface area contributed by atoms with Crippen LogP contribution in [0.25, 0.3) is 0 Å². The fourth-order valence-electron chi connectivity index (χ4n) is 1.85. The van der Waals surface area contributed by atoms with E-state index < -0.39 is 0 Å². The van der Waals surface area contributed by atoms with Gasteiger partial charge in [-0.25, -0.2) is 4.79 Å². The van der Waals surface area contributed by atoms with Crippen molar-refractivity contribution in [2.45, 2.75) is 4.90 Å². The van der Waals surface area contributed by atoms with Crippen molar-refractivity contribution < 1.29 is 9.59 Å². The van der Waals surface area contributed by atoms with Crippen LogP contribution in [0.2, 0.25) is 5.02 Å². The van der Waals surface area contributed by atoms with E-state index >= 15 is 0 Å². The van der Waals surface area contributed by atoms with Crippen molar-refractivity contribution in [2.75, 3.05) is 22.9 Å². The summed E-state index contributed by atoms with van der Waals surface area (Å²) in [5.74, 6) is 0.190. The molecule has 0 saturated heterocycles. The van der Waals surface area contributed by atoms with Crippen molar-refractivity contribution in [2.24, 2.45) is 0 Å². The number of nitrogens with one attached hydrogen (secondary N) is 3. The van der Waals surface area contributed by atoms with Gasteiger partial charge in [-0.1, -0.05) is 17.7 Å². The highest BCUT2D eigenvalue weighted by molar-refractivity contribution is 8.00. The Labute approximate surface area is 155 Å². The summed E-state index contributed by atoms with van der Waals surface area (Å²) in [7, 11) is 0. The Kier molecular flexibility index (Phi) is 7.37. The fraction of sp³-hybridized carbons (Fsp3) is 0.111. The third kappa shape index (κ3) is 6.91. The van der Waals surface area contributed by atoms with Gasteiger partial charge >= 0.3 is 6.03 Å². The molecule has 0 aliphatic carbocycles. The number of rotatable bonds is 7. The van der Waals surface area contributed by atoms with Crippen LogP contribution in [-0.4, -0.2) is 24.2 Å². The summed E-state index contributed by atoms with van der Waals surface area (Å²) < 4.78 is 0. The largest absolute Gasteiger partial charge is 0.334 e. The third-order valence-electron chi connectivity index (χ3n) is 3.02. The molecule has 7 heteroatoms. The van der Waals surface area contributed by atoms with Gasteiger partial charge in [0.05, 0.1) is 5.75 Å². The normalized spacial score (nSPS) is 9.96. The summed E-state index contributed by atoms with van der Waals surface area (Å²) in [6, 6.07) is 13.9. The van der Waals surface area contributed by atoms with Crippen LogP contribution in [0.5, 0.6) is 0 Å². The fourth-order valence-corrected chi connectivity index (χ4v) is 2.68. The van der Waals surface area contributed by atoms with Crippen LogP contribution >= 0.6 is 23.4 Å². The first kappa shape index (κ1) is 18.9. The maximum atomic E-state index is 12.0. The quantitative estimate of drug-likeness (QED) is 0.497. The second-order valence-corrected chi connectivity index (χ2v) is 6.48. The zero-order valence-electron chi connectivity index (χ0n) is 13.4. The van der Waals surface area contributed by atoms with Crippen LogP contribution in [0.1, 0.15) is 0 Å². The van der Waals surface area contributed by atoms with Gasteiger partial charge in [-0.2, -0.15) is 0 Å². The second kappa shape index (κ2) is 9.76. The van der Waals surface area contributed by atoms with Crippen molar-refractivity contribution in [3.63, 3.8) is 0 Å². The molecule has 2 aromatic carbocycles. The molecule has 5 nitrogen and oxygen atoms in total. The van der Waals surface area contributed by atoms with Gasteiger partial charge in [-0.3, -0.25) is 4.79 Å². The van der Waals surface area contributed by atoms with E-state index in [9.17, 15) is 9.59 Å². The average Bonchev–Trinajstić information content (AvgIpc) is 2.61. The molecule has 0 spiro atoms. The van der Waals surface area contributed by atoms with Crippen molar-refractivity contribution in [1.82, 2.24) is 5.32 Å². The van der Waals surface area contributed by atoms with Crippen LogP contribution in [0.15, 0.2) is 66.1 Å². The van der Waals surface area contributed by atoms with Crippen molar-refractivity contribution >= 4 is 46.7 Å². The summed E-state index contributed by atoms with van der Waals surface area (Å²) in [5.41, 5.74) is 1.30. The molecule has 25 heavy (non-hydrogen) atoms. The molecule has 130 valence electrons. The van der Waals surface area contributed by atoms with Gasteiger partial charge in [0.25, 0.3) is 0 Å². The molecule has 0 bridgehead atoms. The van der Waals surface area contributed by atoms with Crippen molar-refractivity contribution in [3.8, 4) is 0 Å². The third-order valence-corrected chi connectivity index (χ3v) is 4.28. The zero-order chi connectivity index (χ0) is 18.1. The van der Waals surface area contributed by atoms with Gasteiger partial charge in [0, 0.05) is 27.8 Å². The number of carbonyl (C=O) groups excluding carboxylic acids is 2. The van der Waals surface area contributed by atoms with E-state index in [-0.39, 0.29) is 11.9 Å². The summed E-state index contributed by atoms with van der Waals surface area (Å²) in [6.07, 6.45) is 1.60. The number of halogens is 1. The Bertz CT molecular complexity index is 733. The van der Waals surface area contributed by atoms with Crippen LogP contribution in [0.4, 0.5) is 16.2 Å². The first-order chi connectivity index (χ1) is 12.1. The highest BCUT2D eigenvalue weighted by Crippen LogP contribution is 2.21. The molecule has 0 fully saturated rings. The molecular formula is C18H18ClN3O2S. The SMILES string of the molecule is C=CCNC(=O)Nc1ccc(NC(=O)CSc2ccc(Cl)cc2)cc1. The number of thioether (sulfide) groups is 1. The number of hydrogen-bond acceptors (Lipinski definition) is 3. The number of hydrogen-bond donors (Lipinski definition) is 3. The van der Waals surface area contributed by atoms with Crippen molar-refractivity contribution in [1.29, 1.82) is 0 Å². The molecule has 0 aromatic heterocycles. The van der Waals surface area contributed by atoms with Gasteiger partial charge in [-0.15, -0.1) is 18.3 Å². The first-order valence-corrected chi connectivity index (χ1v) is 8.87. The lowest BCUT2D eigenvalue weighted by molar-refractivity contribution is -0.113. The van der Waals surface area contributed by atoms with Crippen LogP contribution in [-0.2, 0) is 4.79 Å². The smallest absolute Gasteiger partial charge is 0.319 e. The molecular weight excluding hydrogens is 358 g/mol. The lowest BCUT2D eigenvalue weighted by Crippen LogP contribution is -2.28. The Balaban J connectivity index is 1.79. The Morgan fingerprint density at radius 1 is 1.00 bits per heavy atom. The number of carbonyl (C=O) groups is 2. The topological polar surface area (TPSA) is 70.2 Å². The van der Waals surface area contributed by atoms with Gasteiger partial charge < -0.3 is 16.0 Å². The van der Waals surface area contributed by atoms with E-state index in [1.54, 1.807) is 42.5 Å². The van der Waals surface area contributed by atoms with E-state index in [4.69, 9.17) is 11.6 Å². The Morgan fingerprint density at radius 2 is 1.60 bits per heavy atom. The molecule has 3 amide bonds. The highest BCUT2D eigenvalue weighted by atomic mass is 35.5. The summed E-state index contributed by atoms with van der Waals surface area (Å²) in [5, 5.41) is 8.78.